The standard InChI is InChI=1S/C19H29N3O4/c1-2-25-10-4-9-21-18(23)15-5-3-6-16(13-15)22-19(24)17(20)14-7-11-26-12-8-14/h3,5-6,13-14,17H,2,4,7-12,20H2,1H3,(H,21,23)(H,22,24). The zero-order valence-electron chi connectivity index (χ0n) is 15.3. The second kappa shape index (κ2) is 10.9. The van der Waals surface area contributed by atoms with Crippen LogP contribution in [0.4, 0.5) is 5.69 Å². The maximum absolute atomic E-state index is 12.4. The summed E-state index contributed by atoms with van der Waals surface area (Å²) in [5, 5.41) is 5.66. The molecule has 7 nitrogen and oxygen atoms in total. The smallest absolute Gasteiger partial charge is 0.251 e. The molecule has 7 heteroatoms. The van der Waals surface area contributed by atoms with E-state index in [1.165, 1.54) is 0 Å². The largest absolute Gasteiger partial charge is 0.382 e. The molecule has 1 aromatic rings. The first-order valence-electron chi connectivity index (χ1n) is 9.22. The highest BCUT2D eigenvalue weighted by Crippen LogP contribution is 2.19. The highest BCUT2D eigenvalue weighted by Gasteiger charge is 2.26. The number of carbonyl (C=O) groups is 2. The molecule has 1 heterocycles. The first-order valence-corrected chi connectivity index (χ1v) is 9.22. The first-order chi connectivity index (χ1) is 12.6. The van der Waals surface area contributed by atoms with Gasteiger partial charge in [0.25, 0.3) is 5.91 Å². The number of anilines is 1. The maximum Gasteiger partial charge on any atom is 0.251 e. The molecule has 0 bridgehead atoms. The van der Waals surface area contributed by atoms with Gasteiger partial charge in [0, 0.05) is 44.2 Å². The summed E-state index contributed by atoms with van der Waals surface area (Å²) >= 11 is 0. The van der Waals surface area contributed by atoms with Gasteiger partial charge in [0.1, 0.15) is 0 Å². The number of nitrogens with one attached hydrogen (secondary N) is 2. The van der Waals surface area contributed by atoms with Gasteiger partial charge in [0.2, 0.25) is 5.91 Å². The Morgan fingerprint density at radius 1 is 1.35 bits per heavy atom. The molecular formula is C19H29N3O4. The average Bonchev–Trinajstić information content (AvgIpc) is 2.68. The van der Waals surface area contributed by atoms with E-state index in [2.05, 4.69) is 10.6 Å². The Kier molecular flexibility index (Phi) is 8.53. The fraction of sp³-hybridized carbons (Fsp3) is 0.579. The molecule has 1 saturated heterocycles. The number of ether oxygens (including phenoxy) is 2. The van der Waals surface area contributed by atoms with E-state index in [0.717, 1.165) is 19.3 Å². The van der Waals surface area contributed by atoms with E-state index < -0.39 is 6.04 Å². The van der Waals surface area contributed by atoms with Crippen LogP contribution in [0.15, 0.2) is 24.3 Å². The molecule has 2 rings (SSSR count). The summed E-state index contributed by atoms with van der Waals surface area (Å²) in [7, 11) is 0. The van der Waals surface area contributed by atoms with E-state index in [0.29, 0.717) is 44.2 Å². The van der Waals surface area contributed by atoms with E-state index in [1.54, 1.807) is 24.3 Å². The summed E-state index contributed by atoms with van der Waals surface area (Å²) in [6.07, 6.45) is 2.34. The second-order valence-corrected chi connectivity index (χ2v) is 6.35. The van der Waals surface area contributed by atoms with Crippen molar-refractivity contribution in [3.8, 4) is 0 Å². The lowest BCUT2D eigenvalue weighted by atomic mass is 9.92. The molecule has 0 saturated carbocycles. The first kappa shape index (κ1) is 20.4. The van der Waals surface area contributed by atoms with Crippen LogP contribution in [0.25, 0.3) is 0 Å². The van der Waals surface area contributed by atoms with Crippen molar-refractivity contribution in [1.29, 1.82) is 0 Å². The quantitative estimate of drug-likeness (QED) is 0.578. The van der Waals surface area contributed by atoms with Gasteiger partial charge in [0.05, 0.1) is 6.04 Å². The van der Waals surface area contributed by atoms with E-state index in [-0.39, 0.29) is 17.7 Å². The summed E-state index contributed by atoms with van der Waals surface area (Å²) in [5.74, 6) is -0.280. The molecule has 26 heavy (non-hydrogen) atoms. The Morgan fingerprint density at radius 3 is 2.85 bits per heavy atom. The molecule has 1 fully saturated rings. The van der Waals surface area contributed by atoms with Crippen LogP contribution in [0.2, 0.25) is 0 Å². The molecule has 1 aliphatic rings. The summed E-state index contributed by atoms with van der Waals surface area (Å²) in [6.45, 7) is 5.06. The lowest BCUT2D eigenvalue weighted by molar-refractivity contribution is -0.119. The lowest BCUT2D eigenvalue weighted by Crippen LogP contribution is -2.44. The van der Waals surface area contributed by atoms with Crippen LogP contribution in [0.3, 0.4) is 0 Å². The number of carbonyl (C=O) groups excluding carboxylic acids is 2. The van der Waals surface area contributed by atoms with Crippen molar-refractivity contribution < 1.29 is 19.1 Å². The summed E-state index contributed by atoms with van der Waals surface area (Å²) < 4.78 is 10.5. The summed E-state index contributed by atoms with van der Waals surface area (Å²) in [4.78, 5) is 24.6. The molecule has 0 radical (unpaired) electrons. The minimum Gasteiger partial charge on any atom is -0.382 e. The summed E-state index contributed by atoms with van der Waals surface area (Å²) in [6, 6.07) is 6.29. The number of hydrogen-bond acceptors (Lipinski definition) is 5. The predicted molar refractivity (Wildman–Crippen MR) is 100 cm³/mol. The van der Waals surface area contributed by atoms with Gasteiger partial charge in [-0.05, 0) is 50.3 Å². The minimum atomic E-state index is -0.574. The topological polar surface area (TPSA) is 103 Å². The molecule has 144 valence electrons. The molecule has 1 atom stereocenters. The van der Waals surface area contributed by atoms with Crippen LogP contribution in [0.1, 0.15) is 36.5 Å². The van der Waals surface area contributed by atoms with Crippen molar-refractivity contribution in [2.75, 3.05) is 38.3 Å². The molecule has 0 aromatic heterocycles. The van der Waals surface area contributed by atoms with Crippen molar-refractivity contribution in [3.05, 3.63) is 29.8 Å². The van der Waals surface area contributed by atoms with Crippen LogP contribution in [-0.2, 0) is 14.3 Å². The normalized spacial score (nSPS) is 16.1. The van der Waals surface area contributed by atoms with Crippen LogP contribution in [0.5, 0.6) is 0 Å². The van der Waals surface area contributed by atoms with E-state index >= 15 is 0 Å². The van der Waals surface area contributed by atoms with Crippen LogP contribution in [-0.4, -0.2) is 50.8 Å². The van der Waals surface area contributed by atoms with Crippen LogP contribution < -0.4 is 16.4 Å². The maximum atomic E-state index is 12.4. The molecular weight excluding hydrogens is 334 g/mol. The zero-order valence-corrected chi connectivity index (χ0v) is 15.3. The Bertz CT molecular complexity index is 588. The number of hydrogen-bond donors (Lipinski definition) is 3. The fourth-order valence-electron chi connectivity index (χ4n) is 2.88. The van der Waals surface area contributed by atoms with Crippen molar-refractivity contribution in [3.63, 3.8) is 0 Å². The molecule has 1 aromatic carbocycles. The highest BCUT2D eigenvalue weighted by molar-refractivity contribution is 5.98. The molecule has 1 unspecified atom stereocenters. The Hall–Kier alpha value is -1.96. The van der Waals surface area contributed by atoms with Gasteiger partial charge in [-0.15, -0.1) is 0 Å². The Labute approximate surface area is 154 Å². The minimum absolute atomic E-state index is 0.126. The summed E-state index contributed by atoms with van der Waals surface area (Å²) in [5.41, 5.74) is 7.15. The fourth-order valence-corrected chi connectivity index (χ4v) is 2.88. The molecule has 0 spiro atoms. The Balaban J connectivity index is 1.85. The number of nitrogens with two attached hydrogens (primary N) is 1. The average molecular weight is 363 g/mol. The number of amides is 2. The third kappa shape index (κ3) is 6.40. The van der Waals surface area contributed by atoms with Gasteiger partial charge in [-0.25, -0.2) is 0 Å². The highest BCUT2D eigenvalue weighted by atomic mass is 16.5. The molecule has 1 aliphatic heterocycles. The molecule has 4 N–H and O–H groups in total. The van der Waals surface area contributed by atoms with Crippen LogP contribution >= 0.6 is 0 Å². The zero-order chi connectivity index (χ0) is 18.8. The molecule has 2 amide bonds. The van der Waals surface area contributed by atoms with E-state index in [9.17, 15) is 9.59 Å². The second-order valence-electron chi connectivity index (χ2n) is 6.35. The monoisotopic (exact) mass is 363 g/mol. The predicted octanol–water partition coefficient (Wildman–Crippen LogP) is 1.54. The van der Waals surface area contributed by atoms with Gasteiger partial charge < -0.3 is 25.8 Å². The van der Waals surface area contributed by atoms with Crippen molar-refractivity contribution in [2.24, 2.45) is 11.7 Å². The Morgan fingerprint density at radius 2 is 2.12 bits per heavy atom. The van der Waals surface area contributed by atoms with Gasteiger partial charge in [0.15, 0.2) is 0 Å². The van der Waals surface area contributed by atoms with Crippen molar-refractivity contribution >= 4 is 17.5 Å². The number of benzene rings is 1. The third-order valence-corrected chi connectivity index (χ3v) is 4.42. The van der Waals surface area contributed by atoms with Gasteiger partial charge in [-0.2, -0.15) is 0 Å². The SMILES string of the molecule is CCOCCCNC(=O)c1cccc(NC(=O)C(N)C2CCOCC2)c1. The van der Waals surface area contributed by atoms with Gasteiger partial charge in [-0.1, -0.05) is 6.07 Å². The third-order valence-electron chi connectivity index (χ3n) is 4.42. The van der Waals surface area contributed by atoms with E-state index in [1.807, 2.05) is 6.92 Å². The van der Waals surface area contributed by atoms with Crippen molar-refractivity contribution in [2.45, 2.75) is 32.2 Å². The number of rotatable bonds is 9. The van der Waals surface area contributed by atoms with Crippen LogP contribution in [0, 0.1) is 5.92 Å². The van der Waals surface area contributed by atoms with E-state index in [4.69, 9.17) is 15.2 Å². The van der Waals surface area contributed by atoms with Gasteiger partial charge in [-0.3, -0.25) is 9.59 Å². The molecule has 0 aliphatic carbocycles. The lowest BCUT2D eigenvalue weighted by Gasteiger charge is -2.26. The van der Waals surface area contributed by atoms with Crippen molar-refractivity contribution in [1.82, 2.24) is 5.32 Å². The van der Waals surface area contributed by atoms with Gasteiger partial charge >= 0.3 is 0 Å².